The fourth-order valence-electron chi connectivity index (χ4n) is 3.49. The second-order valence-electron chi connectivity index (χ2n) is 7.53. The number of hydrogen-bond acceptors (Lipinski definition) is 3. The van der Waals surface area contributed by atoms with Crippen LogP contribution in [-0.4, -0.2) is 17.6 Å². The van der Waals surface area contributed by atoms with Crippen molar-refractivity contribution in [3.05, 3.63) is 59.7 Å². The SMILES string of the molecule is CC(C)c1ccccc1N1C(=O)CS[C@H]1c1cccc(NC(=O)C2CC2)c1. The zero-order chi connectivity index (χ0) is 19.0. The molecule has 2 aliphatic rings. The highest BCUT2D eigenvalue weighted by atomic mass is 32.2. The highest BCUT2D eigenvalue weighted by molar-refractivity contribution is 8.00. The molecule has 1 heterocycles. The molecule has 4 rings (SSSR count). The number of carbonyl (C=O) groups excluding carboxylic acids is 2. The molecule has 4 nitrogen and oxygen atoms in total. The summed E-state index contributed by atoms with van der Waals surface area (Å²) in [5, 5.41) is 2.94. The van der Waals surface area contributed by atoms with Gasteiger partial charge in [0.15, 0.2) is 0 Å². The molecular formula is C22H24N2O2S. The number of thioether (sulfide) groups is 1. The summed E-state index contributed by atoms with van der Waals surface area (Å²) in [5.41, 5.74) is 4.01. The van der Waals surface area contributed by atoms with Gasteiger partial charge in [-0.1, -0.05) is 44.2 Å². The molecule has 0 unspecified atom stereocenters. The third-order valence-electron chi connectivity index (χ3n) is 5.07. The summed E-state index contributed by atoms with van der Waals surface area (Å²) in [4.78, 5) is 26.7. The lowest BCUT2D eigenvalue weighted by Crippen LogP contribution is -2.29. The number of amides is 2. The minimum Gasteiger partial charge on any atom is -0.326 e. The molecule has 1 aliphatic heterocycles. The third kappa shape index (κ3) is 3.74. The van der Waals surface area contributed by atoms with Crippen LogP contribution < -0.4 is 10.2 Å². The van der Waals surface area contributed by atoms with Gasteiger partial charge in [0.25, 0.3) is 0 Å². The van der Waals surface area contributed by atoms with Crippen LogP contribution in [0.5, 0.6) is 0 Å². The molecule has 2 aromatic carbocycles. The fraction of sp³-hybridized carbons (Fsp3) is 0.364. The second-order valence-corrected chi connectivity index (χ2v) is 8.60. The van der Waals surface area contributed by atoms with E-state index in [9.17, 15) is 9.59 Å². The Morgan fingerprint density at radius 3 is 2.67 bits per heavy atom. The van der Waals surface area contributed by atoms with Crippen molar-refractivity contribution < 1.29 is 9.59 Å². The first-order valence-corrected chi connectivity index (χ1v) is 10.5. The average molecular weight is 381 g/mol. The number of hydrogen-bond donors (Lipinski definition) is 1. The van der Waals surface area contributed by atoms with Crippen LogP contribution in [0.3, 0.4) is 0 Å². The number of rotatable bonds is 5. The van der Waals surface area contributed by atoms with E-state index in [1.165, 1.54) is 5.56 Å². The highest BCUT2D eigenvalue weighted by Gasteiger charge is 2.35. The van der Waals surface area contributed by atoms with Crippen LogP contribution in [0.15, 0.2) is 48.5 Å². The Labute approximate surface area is 164 Å². The molecule has 1 aliphatic carbocycles. The third-order valence-corrected chi connectivity index (χ3v) is 6.29. The van der Waals surface area contributed by atoms with E-state index >= 15 is 0 Å². The van der Waals surface area contributed by atoms with Crippen molar-refractivity contribution in [2.75, 3.05) is 16.0 Å². The summed E-state index contributed by atoms with van der Waals surface area (Å²) in [6.45, 7) is 4.30. The summed E-state index contributed by atoms with van der Waals surface area (Å²) >= 11 is 1.64. The standard InChI is InChI=1S/C22H24N2O2S/c1-14(2)18-8-3-4-9-19(18)24-20(25)13-27-22(24)16-6-5-7-17(12-16)23-21(26)15-10-11-15/h3-9,12,14-15,22H,10-11,13H2,1-2H3,(H,23,26)/t22-/m0/s1. The zero-order valence-electron chi connectivity index (χ0n) is 15.6. The second kappa shape index (κ2) is 7.39. The van der Waals surface area contributed by atoms with Crippen molar-refractivity contribution in [1.82, 2.24) is 0 Å². The molecule has 2 aromatic rings. The van der Waals surface area contributed by atoms with Crippen molar-refractivity contribution in [2.24, 2.45) is 5.92 Å². The summed E-state index contributed by atoms with van der Waals surface area (Å²) in [6.07, 6.45) is 1.97. The van der Waals surface area contributed by atoms with Gasteiger partial charge in [0.2, 0.25) is 11.8 Å². The first-order valence-electron chi connectivity index (χ1n) is 9.48. The minimum atomic E-state index is -0.0739. The van der Waals surface area contributed by atoms with Crippen LogP contribution in [0.4, 0.5) is 11.4 Å². The number of benzene rings is 2. The monoisotopic (exact) mass is 380 g/mol. The van der Waals surface area contributed by atoms with Gasteiger partial charge >= 0.3 is 0 Å². The van der Waals surface area contributed by atoms with E-state index < -0.39 is 0 Å². The number of anilines is 2. The maximum atomic E-state index is 12.7. The number of carbonyl (C=O) groups is 2. The van der Waals surface area contributed by atoms with Gasteiger partial charge in [-0.2, -0.15) is 0 Å². The van der Waals surface area contributed by atoms with Crippen molar-refractivity contribution in [1.29, 1.82) is 0 Å². The molecule has 140 valence electrons. The van der Waals surface area contributed by atoms with Crippen LogP contribution in [0.2, 0.25) is 0 Å². The average Bonchev–Trinajstić information content (AvgIpc) is 3.44. The van der Waals surface area contributed by atoms with E-state index in [4.69, 9.17) is 0 Å². The Morgan fingerprint density at radius 1 is 1.15 bits per heavy atom. The smallest absolute Gasteiger partial charge is 0.238 e. The number of para-hydroxylation sites is 1. The maximum absolute atomic E-state index is 12.7. The molecule has 1 atom stereocenters. The Morgan fingerprint density at radius 2 is 1.93 bits per heavy atom. The largest absolute Gasteiger partial charge is 0.326 e. The lowest BCUT2D eigenvalue weighted by molar-refractivity contribution is -0.117. The van der Waals surface area contributed by atoms with E-state index in [0.717, 1.165) is 29.8 Å². The molecule has 5 heteroatoms. The van der Waals surface area contributed by atoms with Crippen molar-refractivity contribution in [2.45, 2.75) is 38.0 Å². The van der Waals surface area contributed by atoms with Gasteiger partial charge in [-0.25, -0.2) is 0 Å². The van der Waals surface area contributed by atoms with Gasteiger partial charge in [0.05, 0.1) is 5.75 Å². The maximum Gasteiger partial charge on any atom is 0.238 e. The predicted octanol–water partition coefficient (Wildman–Crippen LogP) is 4.94. The number of nitrogens with zero attached hydrogens (tertiary/aromatic N) is 1. The van der Waals surface area contributed by atoms with Gasteiger partial charge in [-0.15, -0.1) is 11.8 Å². The molecule has 0 aromatic heterocycles. The first kappa shape index (κ1) is 18.1. The van der Waals surface area contributed by atoms with Crippen molar-refractivity contribution >= 4 is 35.0 Å². The fourth-order valence-corrected chi connectivity index (χ4v) is 4.64. The molecule has 1 saturated heterocycles. The summed E-state index contributed by atoms with van der Waals surface area (Å²) < 4.78 is 0. The van der Waals surface area contributed by atoms with Gasteiger partial charge in [-0.05, 0) is 48.1 Å². The predicted molar refractivity (Wildman–Crippen MR) is 111 cm³/mol. The van der Waals surface area contributed by atoms with Crippen LogP contribution in [0, 0.1) is 5.92 Å². The van der Waals surface area contributed by atoms with Crippen LogP contribution in [-0.2, 0) is 9.59 Å². The van der Waals surface area contributed by atoms with E-state index in [-0.39, 0.29) is 23.1 Å². The van der Waals surface area contributed by atoms with Crippen LogP contribution in [0.1, 0.15) is 49.1 Å². The summed E-state index contributed by atoms with van der Waals surface area (Å²) in [6, 6.07) is 16.0. The van der Waals surface area contributed by atoms with Gasteiger partial charge in [-0.3, -0.25) is 14.5 Å². The highest BCUT2D eigenvalue weighted by Crippen LogP contribution is 2.44. The topological polar surface area (TPSA) is 49.4 Å². The Bertz CT molecular complexity index is 876. The van der Waals surface area contributed by atoms with Crippen molar-refractivity contribution in [3.63, 3.8) is 0 Å². The molecule has 2 amide bonds. The lowest BCUT2D eigenvalue weighted by Gasteiger charge is -2.28. The van der Waals surface area contributed by atoms with E-state index in [2.05, 4.69) is 25.2 Å². The van der Waals surface area contributed by atoms with Crippen LogP contribution in [0.25, 0.3) is 0 Å². The van der Waals surface area contributed by atoms with Gasteiger partial charge in [0.1, 0.15) is 5.37 Å². The first-order chi connectivity index (χ1) is 13.0. The van der Waals surface area contributed by atoms with E-state index in [0.29, 0.717) is 11.7 Å². The molecule has 0 radical (unpaired) electrons. The minimum absolute atomic E-state index is 0.0739. The summed E-state index contributed by atoms with van der Waals surface area (Å²) in [5.74, 6) is 1.21. The molecule has 0 bridgehead atoms. The molecular weight excluding hydrogens is 356 g/mol. The lowest BCUT2D eigenvalue weighted by atomic mass is 10.00. The Hall–Kier alpha value is -2.27. The molecule has 1 N–H and O–H groups in total. The summed E-state index contributed by atoms with van der Waals surface area (Å²) in [7, 11) is 0. The van der Waals surface area contributed by atoms with Gasteiger partial charge < -0.3 is 5.32 Å². The van der Waals surface area contributed by atoms with E-state index in [1.54, 1.807) is 11.8 Å². The van der Waals surface area contributed by atoms with E-state index in [1.807, 2.05) is 47.4 Å². The van der Waals surface area contributed by atoms with Crippen LogP contribution >= 0.6 is 11.8 Å². The normalized spacial score (nSPS) is 19.6. The zero-order valence-corrected chi connectivity index (χ0v) is 16.5. The molecule has 1 saturated carbocycles. The Kier molecular flexibility index (Phi) is 4.96. The molecule has 0 spiro atoms. The van der Waals surface area contributed by atoms with Gasteiger partial charge in [0, 0.05) is 17.3 Å². The molecule has 2 fully saturated rings. The Balaban J connectivity index is 1.65. The number of nitrogens with one attached hydrogen (secondary N) is 1. The quantitative estimate of drug-likeness (QED) is 0.799. The molecule has 27 heavy (non-hydrogen) atoms. The van der Waals surface area contributed by atoms with Crippen molar-refractivity contribution in [3.8, 4) is 0 Å².